The lowest BCUT2D eigenvalue weighted by Crippen LogP contribution is -2.31. The summed E-state index contributed by atoms with van der Waals surface area (Å²) in [4.78, 5) is 41.4. The first-order valence-electron chi connectivity index (χ1n) is 3.89. The van der Waals surface area contributed by atoms with Gasteiger partial charge in [0.2, 0.25) is 0 Å². The van der Waals surface area contributed by atoms with Crippen LogP contribution in [-0.2, 0) is 4.84 Å². The number of nitrogens with one attached hydrogen (secondary N) is 3. The predicted octanol–water partition coefficient (Wildman–Crippen LogP) is -1.26. The van der Waals surface area contributed by atoms with Crippen molar-refractivity contribution < 1.29 is 9.63 Å². The van der Waals surface area contributed by atoms with Gasteiger partial charge in [0.05, 0.1) is 6.61 Å². The van der Waals surface area contributed by atoms with Gasteiger partial charge in [0, 0.05) is 6.07 Å². The van der Waals surface area contributed by atoms with E-state index in [2.05, 4.69) is 9.82 Å². The average molecular weight is 199 g/mol. The van der Waals surface area contributed by atoms with Gasteiger partial charge in [-0.05, 0) is 6.92 Å². The molecule has 1 heterocycles. The molecule has 14 heavy (non-hydrogen) atoms. The van der Waals surface area contributed by atoms with Crippen molar-refractivity contribution >= 4 is 5.91 Å². The highest BCUT2D eigenvalue weighted by Gasteiger charge is 2.06. The molecular formula is C7H9N3O4. The number of carbonyl (C=O) groups is 1. The van der Waals surface area contributed by atoms with Crippen LogP contribution in [0.4, 0.5) is 0 Å². The lowest BCUT2D eigenvalue weighted by atomic mass is 10.4. The Balaban J connectivity index is 2.90. The van der Waals surface area contributed by atoms with Crippen LogP contribution in [0.25, 0.3) is 0 Å². The molecule has 0 aromatic carbocycles. The van der Waals surface area contributed by atoms with Gasteiger partial charge >= 0.3 is 5.69 Å². The quantitative estimate of drug-likeness (QED) is 0.529. The summed E-state index contributed by atoms with van der Waals surface area (Å²) < 4.78 is 0. The van der Waals surface area contributed by atoms with Gasteiger partial charge in [0.15, 0.2) is 0 Å². The smallest absolute Gasteiger partial charge is 0.303 e. The lowest BCUT2D eigenvalue weighted by Gasteiger charge is -2.01. The molecule has 0 unspecified atom stereocenters. The molecule has 1 rings (SSSR count). The third-order valence-corrected chi connectivity index (χ3v) is 1.31. The Labute approximate surface area is 78.1 Å². The van der Waals surface area contributed by atoms with Gasteiger partial charge in [-0.15, -0.1) is 0 Å². The summed E-state index contributed by atoms with van der Waals surface area (Å²) in [5, 5.41) is 0. The Hall–Kier alpha value is -1.89. The topological polar surface area (TPSA) is 104 Å². The van der Waals surface area contributed by atoms with Crippen LogP contribution in [0, 0.1) is 0 Å². The average Bonchev–Trinajstić information content (AvgIpc) is 2.12. The summed E-state index contributed by atoms with van der Waals surface area (Å²) in [6.07, 6.45) is 0. The minimum absolute atomic E-state index is 0.146. The number of rotatable bonds is 3. The van der Waals surface area contributed by atoms with Crippen molar-refractivity contribution in [1.29, 1.82) is 0 Å². The largest absolute Gasteiger partial charge is 0.326 e. The van der Waals surface area contributed by atoms with Gasteiger partial charge in [-0.3, -0.25) is 19.4 Å². The van der Waals surface area contributed by atoms with E-state index < -0.39 is 17.2 Å². The van der Waals surface area contributed by atoms with Crippen LogP contribution in [0.3, 0.4) is 0 Å². The highest BCUT2D eigenvalue weighted by molar-refractivity contribution is 5.91. The van der Waals surface area contributed by atoms with E-state index in [1.165, 1.54) is 0 Å². The molecule has 0 spiro atoms. The number of aromatic amines is 2. The molecular weight excluding hydrogens is 190 g/mol. The summed E-state index contributed by atoms with van der Waals surface area (Å²) in [5.41, 5.74) is 0.515. The molecule has 76 valence electrons. The van der Waals surface area contributed by atoms with E-state index in [-0.39, 0.29) is 5.69 Å². The number of aromatic nitrogens is 2. The zero-order chi connectivity index (χ0) is 10.6. The summed E-state index contributed by atoms with van der Waals surface area (Å²) >= 11 is 0. The van der Waals surface area contributed by atoms with E-state index in [9.17, 15) is 14.4 Å². The zero-order valence-electron chi connectivity index (χ0n) is 7.42. The number of carbonyl (C=O) groups excluding carboxylic acids is 1. The van der Waals surface area contributed by atoms with Gasteiger partial charge < -0.3 is 4.98 Å². The van der Waals surface area contributed by atoms with Crippen molar-refractivity contribution in [2.45, 2.75) is 6.92 Å². The fourth-order valence-corrected chi connectivity index (χ4v) is 0.784. The van der Waals surface area contributed by atoms with Crippen LogP contribution in [0.1, 0.15) is 17.4 Å². The van der Waals surface area contributed by atoms with Gasteiger partial charge in [-0.2, -0.15) is 0 Å². The van der Waals surface area contributed by atoms with Crippen LogP contribution >= 0.6 is 0 Å². The Morgan fingerprint density at radius 1 is 1.50 bits per heavy atom. The lowest BCUT2D eigenvalue weighted by molar-refractivity contribution is 0.0359. The Bertz CT molecular complexity index is 405. The van der Waals surface area contributed by atoms with Crippen molar-refractivity contribution in [3.8, 4) is 0 Å². The summed E-state index contributed by atoms with van der Waals surface area (Å²) in [7, 11) is 0. The molecule has 1 aromatic rings. The van der Waals surface area contributed by atoms with E-state index in [4.69, 9.17) is 0 Å². The normalized spacial score (nSPS) is 9.79. The number of hydrogen-bond donors (Lipinski definition) is 3. The maximum absolute atomic E-state index is 11.1. The van der Waals surface area contributed by atoms with Crippen molar-refractivity contribution in [2.24, 2.45) is 0 Å². The minimum Gasteiger partial charge on any atom is -0.303 e. The van der Waals surface area contributed by atoms with Gasteiger partial charge in [0.1, 0.15) is 5.69 Å². The van der Waals surface area contributed by atoms with E-state index in [0.29, 0.717) is 6.61 Å². The second-order valence-corrected chi connectivity index (χ2v) is 2.37. The standard InChI is InChI=1S/C7H9N3O4/c1-2-14-10-6(12)4-3-5(11)9-7(13)8-4/h3H,2H2,1H3,(H,10,12)(H2,8,9,11,13). The summed E-state index contributed by atoms with van der Waals surface area (Å²) in [5.74, 6) is -0.671. The molecule has 7 heteroatoms. The molecule has 0 aliphatic heterocycles. The van der Waals surface area contributed by atoms with Crippen molar-refractivity contribution in [2.75, 3.05) is 6.61 Å². The number of hydrogen-bond acceptors (Lipinski definition) is 4. The molecule has 0 radical (unpaired) electrons. The molecule has 0 saturated carbocycles. The van der Waals surface area contributed by atoms with Gasteiger partial charge in [0.25, 0.3) is 11.5 Å². The summed E-state index contributed by atoms with van der Waals surface area (Å²) in [6, 6.07) is 0.968. The molecule has 0 saturated heterocycles. The summed E-state index contributed by atoms with van der Waals surface area (Å²) in [6.45, 7) is 1.97. The maximum Gasteiger partial charge on any atom is 0.326 e. The van der Waals surface area contributed by atoms with E-state index >= 15 is 0 Å². The highest BCUT2D eigenvalue weighted by atomic mass is 16.6. The SMILES string of the molecule is CCONC(=O)c1cc(=O)[nH]c(=O)[nH]1. The van der Waals surface area contributed by atoms with Crippen molar-refractivity contribution in [3.63, 3.8) is 0 Å². The fraction of sp³-hybridized carbons (Fsp3) is 0.286. The zero-order valence-corrected chi connectivity index (χ0v) is 7.42. The second-order valence-electron chi connectivity index (χ2n) is 2.37. The van der Waals surface area contributed by atoms with Crippen LogP contribution < -0.4 is 16.7 Å². The van der Waals surface area contributed by atoms with E-state index in [1.807, 2.05) is 10.5 Å². The third-order valence-electron chi connectivity index (χ3n) is 1.31. The highest BCUT2D eigenvalue weighted by Crippen LogP contribution is 1.84. The van der Waals surface area contributed by atoms with Crippen LogP contribution in [-0.4, -0.2) is 22.5 Å². The Morgan fingerprint density at radius 3 is 2.79 bits per heavy atom. The first-order valence-corrected chi connectivity index (χ1v) is 3.89. The van der Waals surface area contributed by atoms with Crippen molar-refractivity contribution in [1.82, 2.24) is 15.4 Å². The first-order chi connectivity index (χ1) is 6.63. The van der Waals surface area contributed by atoms with Gasteiger partial charge in [-0.1, -0.05) is 0 Å². The molecule has 3 N–H and O–H groups in total. The molecule has 7 nitrogen and oxygen atoms in total. The Morgan fingerprint density at radius 2 is 2.21 bits per heavy atom. The van der Waals surface area contributed by atoms with Crippen LogP contribution in [0.5, 0.6) is 0 Å². The number of amides is 1. The molecule has 0 aliphatic rings. The maximum atomic E-state index is 11.1. The van der Waals surface area contributed by atoms with E-state index in [0.717, 1.165) is 6.07 Å². The third kappa shape index (κ3) is 2.56. The molecule has 1 amide bonds. The predicted molar refractivity (Wildman–Crippen MR) is 46.8 cm³/mol. The second kappa shape index (κ2) is 4.38. The molecule has 0 atom stereocenters. The molecule has 0 bridgehead atoms. The van der Waals surface area contributed by atoms with Crippen LogP contribution in [0.15, 0.2) is 15.7 Å². The minimum atomic E-state index is -0.737. The Kier molecular flexibility index (Phi) is 3.19. The van der Waals surface area contributed by atoms with Crippen molar-refractivity contribution in [3.05, 3.63) is 32.6 Å². The molecule has 0 fully saturated rings. The molecule has 1 aromatic heterocycles. The van der Waals surface area contributed by atoms with Crippen LogP contribution in [0.2, 0.25) is 0 Å². The fourth-order valence-electron chi connectivity index (χ4n) is 0.784. The number of H-pyrrole nitrogens is 2. The monoisotopic (exact) mass is 199 g/mol. The number of hydroxylamine groups is 1. The molecule has 0 aliphatic carbocycles. The van der Waals surface area contributed by atoms with Gasteiger partial charge in [-0.25, -0.2) is 10.3 Å². The first kappa shape index (κ1) is 10.2. The van der Waals surface area contributed by atoms with E-state index in [1.54, 1.807) is 6.92 Å².